The molecular weight excluding hydrogens is 228 g/mol. The number of fused-ring (bicyclic) bond motifs is 1. The van der Waals surface area contributed by atoms with Crippen LogP contribution in [0.25, 0.3) is 0 Å². The summed E-state index contributed by atoms with van der Waals surface area (Å²) in [5.74, 6) is 1.46. The quantitative estimate of drug-likeness (QED) is 0.695. The van der Waals surface area contributed by atoms with E-state index in [1.54, 1.807) is 0 Å². The van der Waals surface area contributed by atoms with Crippen molar-refractivity contribution >= 4 is 11.8 Å². The first-order chi connectivity index (χ1) is 8.74. The summed E-state index contributed by atoms with van der Waals surface area (Å²) in [4.78, 5) is 13.5. The van der Waals surface area contributed by atoms with Crippen LogP contribution in [0.1, 0.15) is 11.3 Å². The van der Waals surface area contributed by atoms with Gasteiger partial charge in [0.2, 0.25) is 5.95 Å². The van der Waals surface area contributed by atoms with Crippen LogP contribution in [0.4, 0.5) is 11.8 Å². The molecule has 0 amide bonds. The Balaban J connectivity index is 1.93. The van der Waals surface area contributed by atoms with Crippen LogP contribution in [0.2, 0.25) is 0 Å². The minimum atomic E-state index is 0.395. The first-order valence-corrected chi connectivity index (χ1v) is 6.53. The summed E-state index contributed by atoms with van der Waals surface area (Å²) in [6.45, 7) is 6.01. The van der Waals surface area contributed by atoms with Gasteiger partial charge in [-0.1, -0.05) is 0 Å². The Morgan fingerprint density at radius 3 is 2.72 bits per heavy atom. The van der Waals surface area contributed by atoms with Gasteiger partial charge in [0.25, 0.3) is 0 Å². The highest BCUT2D eigenvalue weighted by atomic mass is 15.3. The molecule has 3 heterocycles. The van der Waals surface area contributed by atoms with Crippen molar-refractivity contribution in [3.05, 3.63) is 11.3 Å². The number of hydrogen-bond donors (Lipinski definition) is 2. The number of nitrogen functional groups attached to an aromatic ring is 1. The standard InChI is InChI=1S/C12H20N6/c1-17-4-6-18(7-5-17)11-9-2-3-14-8-10(9)15-12(13)16-11/h14H,2-8H2,1H3,(H2,13,15,16). The molecular formula is C12H20N6. The molecule has 0 spiro atoms. The molecule has 0 atom stereocenters. The summed E-state index contributed by atoms with van der Waals surface area (Å²) in [5.41, 5.74) is 8.19. The largest absolute Gasteiger partial charge is 0.368 e. The van der Waals surface area contributed by atoms with E-state index in [-0.39, 0.29) is 0 Å². The number of likely N-dealkylation sites (N-methyl/N-ethyl adjacent to an activating group) is 1. The lowest BCUT2D eigenvalue weighted by Gasteiger charge is -2.35. The van der Waals surface area contributed by atoms with Crippen LogP contribution in [0.5, 0.6) is 0 Å². The van der Waals surface area contributed by atoms with Crippen molar-refractivity contribution in [3.8, 4) is 0 Å². The Bertz CT molecular complexity index is 438. The normalized spacial score (nSPS) is 20.8. The number of aromatic nitrogens is 2. The molecule has 1 saturated heterocycles. The monoisotopic (exact) mass is 248 g/mol. The number of piperazine rings is 1. The van der Waals surface area contributed by atoms with E-state index < -0.39 is 0 Å². The Morgan fingerprint density at radius 1 is 1.17 bits per heavy atom. The molecule has 18 heavy (non-hydrogen) atoms. The van der Waals surface area contributed by atoms with E-state index in [9.17, 15) is 0 Å². The number of anilines is 2. The highest BCUT2D eigenvalue weighted by Gasteiger charge is 2.23. The summed E-state index contributed by atoms with van der Waals surface area (Å²) in [6, 6.07) is 0. The molecule has 0 unspecified atom stereocenters. The average molecular weight is 248 g/mol. The molecule has 6 nitrogen and oxygen atoms in total. The van der Waals surface area contributed by atoms with Crippen LogP contribution < -0.4 is 16.0 Å². The molecule has 0 aromatic carbocycles. The van der Waals surface area contributed by atoms with Crippen LogP contribution in [-0.4, -0.2) is 54.6 Å². The molecule has 0 saturated carbocycles. The third-order valence-electron chi connectivity index (χ3n) is 3.74. The predicted octanol–water partition coefficient (Wildman–Crippen LogP) is -0.544. The van der Waals surface area contributed by atoms with E-state index in [0.29, 0.717) is 5.95 Å². The van der Waals surface area contributed by atoms with Crippen molar-refractivity contribution in [2.75, 3.05) is 50.4 Å². The van der Waals surface area contributed by atoms with Gasteiger partial charge in [-0.15, -0.1) is 0 Å². The molecule has 1 aromatic rings. The molecule has 0 aliphatic carbocycles. The summed E-state index contributed by atoms with van der Waals surface area (Å²) in [5, 5.41) is 3.33. The zero-order valence-corrected chi connectivity index (χ0v) is 10.8. The first-order valence-electron chi connectivity index (χ1n) is 6.53. The molecule has 2 aliphatic rings. The summed E-state index contributed by atoms with van der Waals surface area (Å²) < 4.78 is 0. The Morgan fingerprint density at radius 2 is 1.94 bits per heavy atom. The van der Waals surface area contributed by atoms with Crippen molar-refractivity contribution in [1.29, 1.82) is 0 Å². The van der Waals surface area contributed by atoms with Gasteiger partial charge in [-0.25, -0.2) is 4.98 Å². The van der Waals surface area contributed by atoms with Gasteiger partial charge >= 0.3 is 0 Å². The van der Waals surface area contributed by atoms with Crippen LogP contribution >= 0.6 is 0 Å². The minimum absolute atomic E-state index is 0.395. The van der Waals surface area contributed by atoms with Gasteiger partial charge in [0.15, 0.2) is 0 Å². The number of hydrogen-bond acceptors (Lipinski definition) is 6. The van der Waals surface area contributed by atoms with Crippen LogP contribution in [0.3, 0.4) is 0 Å². The van der Waals surface area contributed by atoms with E-state index in [1.807, 2.05) is 0 Å². The fourth-order valence-electron chi connectivity index (χ4n) is 2.64. The van der Waals surface area contributed by atoms with Crippen molar-refractivity contribution in [2.24, 2.45) is 0 Å². The smallest absolute Gasteiger partial charge is 0.222 e. The topological polar surface area (TPSA) is 70.3 Å². The average Bonchev–Trinajstić information content (AvgIpc) is 2.38. The molecule has 0 radical (unpaired) electrons. The Labute approximate surface area is 107 Å². The van der Waals surface area contributed by atoms with Crippen molar-refractivity contribution in [1.82, 2.24) is 20.2 Å². The highest BCUT2D eigenvalue weighted by Crippen LogP contribution is 2.25. The highest BCUT2D eigenvalue weighted by molar-refractivity contribution is 5.53. The molecule has 1 fully saturated rings. The van der Waals surface area contributed by atoms with Gasteiger partial charge in [-0.05, 0) is 20.0 Å². The number of nitrogens with zero attached hydrogens (tertiary/aromatic N) is 4. The predicted molar refractivity (Wildman–Crippen MR) is 71.6 cm³/mol. The van der Waals surface area contributed by atoms with Crippen molar-refractivity contribution < 1.29 is 0 Å². The van der Waals surface area contributed by atoms with Crippen LogP contribution in [0.15, 0.2) is 0 Å². The number of rotatable bonds is 1. The summed E-state index contributed by atoms with van der Waals surface area (Å²) >= 11 is 0. The Hall–Kier alpha value is -1.40. The number of nitrogens with one attached hydrogen (secondary N) is 1. The van der Waals surface area contributed by atoms with E-state index in [4.69, 9.17) is 5.73 Å². The minimum Gasteiger partial charge on any atom is -0.368 e. The molecule has 0 bridgehead atoms. The maximum atomic E-state index is 5.83. The second kappa shape index (κ2) is 4.70. The van der Waals surface area contributed by atoms with Gasteiger partial charge < -0.3 is 20.9 Å². The van der Waals surface area contributed by atoms with E-state index in [2.05, 4.69) is 32.1 Å². The SMILES string of the molecule is CN1CCN(c2nc(N)nc3c2CCNC3)CC1. The first kappa shape index (κ1) is 11.7. The molecule has 3 rings (SSSR count). The molecule has 2 aliphatic heterocycles. The lowest BCUT2D eigenvalue weighted by molar-refractivity contribution is 0.311. The maximum absolute atomic E-state index is 5.83. The zero-order chi connectivity index (χ0) is 12.5. The van der Waals surface area contributed by atoms with Crippen LogP contribution in [-0.2, 0) is 13.0 Å². The lowest BCUT2D eigenvalue weighted by atomic mass is 10.1. The van der Waals surface area contributed by atoms with Gasteiger partial charge in [0.05, 0.1) is 5.69 Å². The lowest BCUT2D eigenvalue weighted by Crippen LogP contribution is -2.45. The van der Waals surface area contributed by atoms with E-state index >= 15 is 0 Å². The fourth-order valence-corrected chi connectivity index (χ4v) is 2.64. The van der Waals surface area contributed by atoms with Gasteiger partial charge in [-0.3, -0.25) is 0 Å². The van der Waals surface area contributed by atoms with Crippen molar-refractivity contribution in [2.45, 2.75) is 13.0 Å². The fraction of sp³-hybridized carbons (Fsp3) is 0.667. The zero-order valence-electron chi connectivity index (χ0n) is 10.8. The van der Waals surface area contributed by atoms with Crippen molar-refractivity contribution in [3.63, 3.8) is 0 Å². The van der Waals surface area contributed by atoms with E-state index in [0.717, 1.165) is 57.2 Å². The third-order valence-corrected chi connectivity index (χ3v) is 3.74. The molecule has 6 heteroatoms. The second-order valence-electron chi connectivity index (χ2n) is 5.05. The molecule has 1 aromatic heterocycles. The van der Waals surface area contributed by atoms with Crippen LogP contribution in [0, 0.1) is 0 Å². The molecule has 98 valence electrons. The third kappa shape index (κ3) is 2.13. The molecule has 3 N–H and O–H groups in total. The number of nitrogens with two attached hydrogens (primary N) is 1. The van der Waals surface area contributed by atoms with Gasteiger partial charge in [0.1, 0.15) is 5.82 Å². The Kier molecular flexibility index (Phi) is 3.05. The van der Waals surface area contributed by atoms with E-state index in [1.165, 1.54) is 5.56 Å². The summed E-state index contributed by atoms with van der Waals surface area (Å²) in [6.07, 6.45) is 0.997. The summed E-state index contributed by atoms with van der Waals surface area (Å²) in [7, 11) is 2.16. The maximum Gasteiger partial charge on any atom is 0.222 e. The second-order valence-corrected chi connectivity index (χ2v) is 5.05. The van der Waals surface area contributed by atoms with Gasteiger partial charge in [0, 0.05) is 38.3 Å². The van der Waals surface area contributed by atoms with Gasteiger partial charge in [-0.2, -0.15) is 4.98 Å².